The van der Waals surface area contributed by atoms with Crippen molar-refractivity contribution in [1.82, 2.24) is 14.6 Å². The third kappa shape index (κ3) is 6.90. The van der Waals surface area contributed by atoms with Crippen LogP contribution in [0.3, 0.4) is 0 Å². The molecule has 0 saturated carbocycles. The third-order valence-electron chi connectivity index (χ3n) is 5.44. The highest BCUT2D eigenvalue weighted by molar-refractivity contribution is 7.52. The Hall–Kier alpha value is -2.80. The Morgan fingerprint density at radius 2 is 2.00 bits per heavy atom. The zero-order valence-corrected chi connectivity index (χ0v) is 21.1. The molecule has 1 aliphatic heterocycles. The first kappa shape index (κ1) is 27.8. The molecule has 13 nitrogen and oxygen atoms in total. The van der Waals surface area contributed by atoms with Crippen molar-refractivity contribution in [2.24, 2.45) is 11.7 Å². The number of nitrogens with zero attached hydrogens (tertiary/aromatic N) is 2. The molecule has 3 rings (SSSR count). The Morgan fingerprint density at radius 1 is 1.31 bits per heavy atom. The van der Waals surface area contributed by atoms with Crippen LogP contribution in [-0.2, 0) is 23.4 Å². The second-order valence-electron chi connectivity index (χ2n) is 8.71. The van der Waals surface area contributed by atoms with Crippen molar-refractivity contribution in [3.8, 4) is 5.75 Å². The number of esters is 1. The first-order valence-corrected chi connectivity index (χ1v) is 12.9. The van der Waals surface area contributed by atoms with Crippen molar-refractivity contribution in [2.75, 3.05) is 19.5 Å². The number of methoxy groups -OCH3 is 1. The molecular formula is C22H32N5O8P. The minimum atomic E-state index is -4.19. The molecule has 6 N–H and O–H groups in total. The molecule has 0 spiro atoms. The number of aliphatic hydroxyl groups excluding tert-OH is 1. The van der Waals surface area contributed by atoms with Gasteiger partial charge in [0.2, 0.25) is 0 Å². The molecular weight excluding hydrogens is 493 g/mol. The normalized spacial score (nSPS) is 24.3. The van der Waals surface area contributed by atoms with Crippen LogP contribution in [0.5, 0.6) is 5.75 Å². The Kier molecular flexibility index (Phi) is 9.23. The average molecular weight is 525 g/mol. The highest BCUT2D eigenvalue weighted by Crippen LogP contribution is 2.46. The number of para-hydroxylation sites is 1. The first-order chi connectivity index (χ1) is 17.0. The second-order valence-corrected chi connectivity index (χ2v) is 10.4. The average Bonchev–Trinajstić information content (AvgIpc) is 3.11. The number of ether oxygens (including phenoxy) is 2. The number of carbonyl (C=O) groups is 1. The van der Waals surface area contributed by atoms with Crippen molar-refractivity contribution < 1.29 is 33.0 Å². The molecule has 14 heteroatoms. The summed E-state index contributed by atoms with van der Waals surface area (Å²) in [7, 11) is -2.97. The fourth-order valence-corrected chi connectivity index (χ4v) is 5.16. The van der Waals surface area contributed by atoms with E-state index in [0.717, 1.165) is 4.57 Å². The molecule has 1 aromatic carbocycles. The fraction of sp³-hybridized carbons (Fsp3) is 0.500. The summed E-state index contributed by atoms with van der Waals surface area (Å²) >= 11 is 0. The Labute approximate surface area is 208 Å². The van der Waals surface area contributed by atoms with Crippen molar-refractivity contribution in [1.29, 1.82) is 0 Å². The van der Waals surface area contributed by atoms with E-state index in [0.29, 0.717) is 6.42 Å². The molecule has 2 unspecified atom stereocenters. The van der Waals surface area contributed by atoms with Crippen LogP contribution in [0.15, 0.2) is 47.4 Å². The predicted molar refractivity (Wildman–Crippen MR) is 130 cm³/mol. The third-order valence-corrected chi connectivity index (χ3v) is 7.01. The number of nitrogen functional groups attached to an aromatic ring is 1. The number of carbonyl (C=O) groups excluding carboxylic acids is 1. The molecule has 0 bridgehead atoms. The summed E-state index contributed by atoms with van der Waals surface area (Å²) in [4.78, 5) is 28.2. The van der Waals surface area contributed by atoms with E-state index in [2.05, 4.69) is 10.1 Å². The quantitative estimate of drug-likeness (QED) is 0.239. The van der Waals surface area contributed by atoms with Crippen LogP contribution in [0, 0.1) is 5.92 Å². The largest absolute Gasteiger partial charge is 0.468 e. The van der Waals surface area contributed by atoms with Gasteiger partial charge in [0, 0.05) is 6.20 Å². The van der Waals surface area contributed by atoms with Gasteiger partial charge in [0.1, 0.15) is 29.8 Å². The van der Waals surface area contributed by atoms with Crippen LogP contribution < -0.4 is 26.8 Å². The van der Waals surface area contributed by atoms with E-state index < -0.39 is 56.5 Å². The van der Waals surface area contributed by atoms with Gasteiger partial charge >= 0.3 is 19.4 Å². The lowest BCUT2D eigenvalue weighted by Crippen LogP contribution is -2.43. The minimum absolute atomic E-state index is 0.0135. The highest BCUT2D eigenvalue weighted by atomic mass is 31.2. The van der Waals surface area contributed by atoms with E-state index in [1.54, 1.807) is 30.3 Å². The first-order valence-electron chi connectivity index (χ1n) is 11.3. The van der Waals surface area contributed by atoms with Gasteiger partial charge in [0.25, 0.3) is 0 Å². The summed E-state index contributed by atoms with van der Waals surface area (Å²) in [6.07, 6.45) is -1.82. The SMILES string of the molecule is COC(=O)C(CC(C)C)NP(=O)(OC[C@H]1O[C@@H](n2ccc(N)nc2=O)[C@H](O)[C@@H]1N)Oc1ccccc1. The molecule has 6 atom stereocenters. The number of rotatable bonds is 11. The Bertz CT molecular complexity index is 1130. The predicted octanol–water partition coefficient (Wildman–Crippen LogP) is 0.792. The van der Waals surface area contributed by atoms with E-state index in [1.165, 1.54) is 19.4 Å². The zero-order valence-electron chi connectivity index (χ0n) is 20.2. The van der Waals surface area contributed by atoms with Gasteiger partial charge in [0.15, 0.2) is 6.23 Å². The van der Waals surface area contributed by atoms with Crippen LogP contribution >= 0.6 is 7.75 Å². The maximum Gasteiger partial charge on any atom is 0.459 e. The lowest BCUT2D eigenvalue weighted by atomic mass is 10.1. The lowest BCUT2D eigenvalue weighted by molar-refractivity contribution is -0.143. The highest BCUT2D eigenvalue weighted by Gasteiger charge is 2.45. The molecule has 0 aliphatic carbocycles. The minimum Gasteiger partial charge on any atom is -0.468 e. The van der Waals surface area contributed by atoms with Gasteiger partial charge in [-0.3, -0.25) is 13.9 Å². The maximum atomic E-state index is 13.8. The molecule has 1 aromatic heterocycles. The van der Waals surface area contributed by atoms with Gasteiger partial charge in [0.05, 0.1) is 19.8 Å². The number of hydrogen-bond acceptors (Lipinski definition) is 11. The van der Waals surface area contributed by atoms with E-state index in [1.807, 2.05) is 13.8 Å². The van der Waals surface area contributed by atoms with Gasteiger partial charge in [-0.1, -0.05) is 32.0 Å². The smallest absolute Gasteiger partial charge is 0.459 e. The van der Waals surface area contributed by atoms with Crippen LogP contribution in [0.4, 0.5) is 5.82 Å². The molecule has 198 valence electrons. The molecule has 1 aliphatic rings. The lowest BCUT2D eigenvalue weighted by Gasteiger charge is -2.26. The monoisotopic (exact) mass is 525 g/mol. The molecule has 0 radical (unpaired) electrons. The van der Waals surface area contributed by atoms with Crippen LogP contribution in [0.25, 0.3) is 0 Å². The summed E-state index contributed by atoms with van der Waals surface area (Å²) in [5.41, 5.74) is 10.9. The molecule has 1 fully saturated rings. The van der Waals surface area contributed by atoms with Gasteiger partial charge in [-0.05, 0) is 30.5 Å². The van der Waals surface area contributed by atoms with Crippen molar-refractivity contribution in [3.05, 3.63) is 53.1 Å². The van der Waals surface area contributed by atoms with Gasteiger partial charge in [-0.2, -0.15) is 10.1 Å². The number of benzene rings is 1. The molecule has 36 heavy (non-hydrogen) atoms. The topological polar surface area (TPSA) is 190 Å². The summed E-state index contributed by atoms with van der Waals surface area (Å²) in [6, 6.07) is 7.65. The van der Waals surface area contributed by atoms with E-state index in [-0.39, 0.29) is 17.5 Å². The van der Waals surface area contributed by atoms with Crippen LogP contribution in [-0.4, -0.2) is 58.6 Å². The second kappa shape index (κ2) is 12.0. The van der Waals surface area contributed by atoms with Crippen molar-refractivity contribution in [3.63, 3.8) is 0 Å². The van der Waals surface area contributed by atoms with E-state index >= 15 is 0 Å². The zero-order chi connectivity index (χ0) is 26.5. The summed E-state index contributed by atoms with van der Waals surface area (Å²) in [6.45, 7) is 3.39. The number of nitrogens with one attached hydrogen (secondary N) is 1. The molecule has 0 amide bonds. The number of hydrogen-bond donors (Lipinski definition) is 4. The van der Waals surface area contributed by atoms with Gasteiger partial charge in [-0.15, -0.1) is 0 Å². The molecule has 1 saturated heterocycles. The van der Waals surface area contributed by atoms with E-state index in [9.17, 15) is 19.3 Å². The number of nitrogens with two attached hydrogens (primary N) is 2. The van der Waals surface area contributed by atoms with Crippen LogP contribution in [0.1, 0.15) is 26.5 Å². The van der Waals surface area contributed by atoms with Crippen LogP contribution in [0.2, 0.25) is 0 Å². The van der Waals surface area contributed by atoms with Gasteiger partial charge < -0.3 is 30.6 Å². The van der Waals surface area contributed by atoms with Crippen molar-refractivity contribution >= 4 is 19.5 Å². The summed E-state index contributed by atoms with van der Waals surface area (Å²) in [5, 5.41) is 13.3. The Morgan fingerprint density at radius 3 is 2.61 bits per heavy atom. The van der Waals surface area contributed by atoms with Gasteiger partial charge in [-0.25, -0.2) is 9.36 Å². The standard InChI is InChI=1S/C22H32N5O8P/c1-13(2)11-15(21(29)32-3)26-36(31,35-14-7-5-4-6-8-14)33-12-16-18(24)19(28)20(34-16)27-10-9-17(23)25-22(27)30/h4-10,13,15-16,18-20,28H,11-12,24H2,1-3H3,(H,26,31)(H2,23,25,30)/t15?,16-,18-,19-,20-,36?/m1/s1. The summed E-state index contributed by atoms with van der Waals surface area (Å²) in [5.74, 6) is -0.333. The number of anilines is 1. The number of aromatic nitrogens is 2. The molecule has 2 aromatic rings. The van der Waals surface area contributed by atoms with Crippen molar-refractivity contribution in [2.45, 2.75) is 50.8 Å². The maximum absolute atomic E-state index is 13.8. The fourth-order valence-electron chi connectivity index (χ4n) is 3.65. The summed E-state index contributed by atoms with van der Waals surface area (Å²) < 4.78 is 36.7. The van der Waals surface area contributed by atoms with E-state index in [4.69, 9.17) is 30.0 Å². The molecule has 2 heterocycles. The Balaban J connectivity index is 1.80. The number of aliphatic hydroxyl groups is 1.